The second kappa shape index (κ2) is 11.1. The Bertz CT molecular complexity index is 1010. The van der Waals surface area contributed by atoms with Crippen molar-refractivity contribution in [1.82, 2.24) is 14.9 Å². The van der Waals surface area contributed by atoms with Crippen molar-refractivity contribution in [3.05, 3.63) is 64.7 Å². The van der Waals surface area contributed by atoms with E-state index < -0.39 is 10.0 Å². The number of carbonyl (C=O) groups excluding carboxylic acids is 1. The average molecular weight is 458 g/mol. The van der Waals surface area contributed by atoms with Crippen molar-refractivity contribution in [3.8, 4) is 0 Å². The summed E-state index contributed by atoms with van der Waals surface area (Å²) in [7, 11) is -3.62. The van der Waals surface area contributed by atoms with Crippen LogP contribution in [0.1, 0.15) is 48.4 Å². The van der Waals surface area contributed by atoms with E-state index in [0.717, 1.165) is 42.2 Å². The monoisotopic (exact) mass is 457 g/mol. The van der Waals surface area contributed by atoms with E-state index in [1.165, 1.54) is 18.4 Å². The Morgan fingerprint density at radius 1 is 1.00 bits per heavy atom. The number of nitrogens with zero attached hydrogens (tertiary/aromatic N) is 1. The first-order valence-electron chi connectivity index (χ1n) is 11.4. The zero-order chi connectivity index (χ0) is 23.1. The smallest absolute Gasteiger partial charge is 0.240 e. The van der Waals surface area contributed by atoms with Crippen LogP contribution in [0.5, 0.6) is 0 Å². The summed E-state index contributed by atoms with van der Waals surface area (Å²) < 4.78 is 27.3. The SMILES string of the molecule is Cc1ccc(S(=O)(=O)NCCC(=O)NCc2ccc(CN3CCC(C)CC3)cc2)cc1C. The molecule has 0 aromatic heterocycles. The highest BCUT2D eigenvalue weighted by Crippen LogP contribution is 2.18. The number of rotatable bonds is 9. The van der Waals surface area contributed by atoms with Gasteiger partial charge in [-0.15, -0.1) is 0 Å². The van der Waals surface area contributed by atoms with Gasteiger partial charge >= 0.3 is 0 Å². The van der Waals surface area contributed by atoms with Gasteiger partial charge in [0, 0.05) is 26.1 Å². The largest absolute Gasteiger partial charge is 0.352 e. The molecule has 2 N–H and O–H groups in total. The Kier molecular flexibility index (Phi) is 8.45. The normalized spacial score (nSPS) is 15.6. The Hall–Kier alpha value is -2.22. The molecule has 3 rings (SSSR count). The number of hydrogen-bond donors (Lipinski definition) is 2. The maximum atomic E-state index is 12.4. The fourth-order valence-electron chi connectivity index (χ4n) is 3.79. The molecule has 2 aromatic carbocycles. The van der Waals surface area contributed by atoms with E-state index in [1.54, 1.807) is 18.2 Å². The van der Waals surface area contributed by atoms with Crippen LogP contribution in [0.15, 0.2) is 47.4 Å². The molecule has 0 bridgehead atoms. The van der Waals surface area contributed by atoms with Crippen molar-refractivity contribution in [2.75, 3.05) is 19.6 Å². The van der Waals surface area contributed by atoms with Gasteiger partial charge in [0.15, 0.2) is 0 Å². The lowest BCUT2D eigenvalue weighted by molar-refractivity contribution is -0.121. The average Bonchev–Trinajstić information content (AvgIpc) is 2.76. The van der Waals surface area contributed by atoms with Gasteiger partial charge in [-0.05, 0) is 80.1 Å². The van der Waals surface area contributed by atoms with Crippen LogP contribution < -0.4 is 10.0 Å². The molecule has 0 atom stereocenters. The summed E-state index contributed by atoms with van der Waals surface area (Å²) in [5, 5.41) is 2.86. The van der Waals surface area contributed by atoms with Crippen molar-refractivity contribution in [1.29, 1.82) is 0 Å². The third-order valence-corrected chi connectivity index (χ3v) is 7.69. The molecule has 1 saturated heterocycles. The van der Waals surface area contributed by atoms with Gasteiger partial charge in [0.1, 0.15) is 0 Å². The first kappa shape index (κ1) is 24.4. The summed E-state index contributed by atoms with van der Waals surface area (Å²) in [4.78, 5) is 14.9. The van der Waals surface area contributed by atoms with Crippen LogP contribution in [-0.2, 0) is 27.9 Å². The molecule has 1 heterocycles. The quantitative estimate of drug-likeness (QED) is 0.604. The third kappa shape index (κ3) is 7.15. The van der Waals surface area contributed by atoms with E-state index in [9.17, 15) is 13.2 Å². The molecule has 1 fully saturated rings. The van der Waals surface area contributed by atoms with Crippen LogP contribution in [0.3, 0.4) is 0 Å². The molecule has 174 valence electrons. The number of likely N-dealkylation sites (tertiary alicyclic amines) is 1. The lowest BCUT2D eigenvalue weighted by Crippen LogP contribution is -2.32. The summed E-state index contributed by atoms with van der Waals surface area (Å²) in [6.07, 6.45) is 2.63. The van der Waals surface area contributed by atoms with Crippen LogP contribution in [0.4, 0.5) is 0 Å². The zero-order valence-electron chi connectivity index (χ0n) is 19.4. The maximum absolute atomic E-state index is 12.4. The summed E-state index contributed by atoms with van der Waals surface area (Å²) in [6.45, 7) is 9.92. The molecule has 7 heteroatoms. The second-order valence-corrected chi connectivity index (χ2v) is 10.7. The molecular formula is C25H35N3O3S. The fourth-order valence-corrected chi connectivity index (χ4v) is 4.91. The predicted molar refractivity (Wildman–Crippen MR) is 128 cm³/mol. The van der Waals surface area contributed by atoms with Gasteiger partial charge in [-0.25, -0.2) is 13.1 Å². The van der Waals surface area contributed by atoms with E-state index in [-0.39, 0.29) is 23.8 Å². The van der Waals surface area contributed by atoms with Crippen LogP contribution in [-0.4, -0.2) is 38.9 Å². The molecular weight excluding hydrogens is 422 g/mol. The Balaban J connectivity index is 1.39. The van der Waals surface area contributed by atoms with Gasteiger partial charge in [-0.2, -0.15) is 0 Å². The van der Waals surface area contributed by atoms with Crippen LogP contribution >= 0.6 is 0 Å². The van der Waals surface area contributed by atoms with Gasteiger partial charge in [0.2, 0.25) is 15.9 Å². The molecule has 0 unspecified atom stereocenters. The second-order valence-electron chi connectivity index (χ2n) is 8.95. The number of piperidine rings is 1. The number of sulfonamides is 1. The molecule has 1 aliphatic rings. The molecule has 0 radical (unpaired) electrons. The standard InChI is InChI=1S/C25H35N3O3S/c1-19-11-14-28(15-12-19)18-23-7-5-22(6-8-23)17-26-25(29)10-13-27-32(30,31)24-9-4-20(2)21(3)16-24/h4-9,16,19,27H,10-15,17-18H2,1-3H3,(H,26,29). The van der Waals surface area contributed by atoms with Gasteiger partial charge in [-0.3, -0.25) is 9.69 Å². The molecule has 0 spiro atoms. The first-order valence-corrected chi connectivity index (χ1v) is 12.8. The predicted octanol–water partition coefficient (Wildman–Crippen LogP) is 3.52. The fraction of sp³-hybridized carbons (Fsp3) is 0.480. The minimum absolute atomic E-state index is 0.0640. The van der Waals surface area contributed by atoms with Crippen LogP contribution in [0.25, 0.3) is 0 Å². The van der Waals surface area contributed by atoms with Crippen LogP contribution in [0, 0.1) is 19.8 Å². The first-order chi connectivity index (χ1) is 15.2. The number of benzene rings is 2. The summed E-state index contributed by atoms with van der Waals surface area (Å²) in [6, 6.07) is 13.4. The van der Waals surface area contributed by atoms with Gasteiger partial charge in [0.05, 0.1) is 4.90 Å². The van der Waals surface area contributed by atoms with E-state index in [2.05, 4.69) is 34.0 Å². The van der Waals surface area contributed by atoms with Crippen molar-refractivity contribution >= 4 is 15.9 Å². The molecule has 2 aromatic rings. The third-order valence-electron chi connectivity index (χ3n) is 6.23. The molecule has 1 amide bonds. The highest BCUT2D eigenvalue weighted by atomic mass is 32.2. The maximum Gasteiger partial charge on any atom is 0.240 e. The van der Waals surface area contributed by atoms with E-state index in [0.29, 0.717) is 6.54 Å². The van der Waals surface area contributed by atoms with Crippen molar-refractivity contribution < 1.29 is 13.2 Å². The Labute approximate surface area is 192 Å². The number of hydrogen-bond acceptors (Lipinski definition) is 4. The summed E-state index contributed by atoms with van der Waals surface area (Å²) >= 11 is 0. The van der Waals surface area contributed by atoms with Gasteiger partial charge < -0.3 is 5.32 Å². The van der Waals surface area contributed by atoms with E-state index >= 15 is 0 Å². The van der Waals surface area contributed by atoms with Gasteiger partial charge in [0.25, 0.3) is 0 Å². The topological polar surface area (TPSA) is 78.5 Å². The van der Waals surface area contributed by atoms with Crippen molar-refractivity contribution in [2.45, 2.75) is 58.0 Å². The highest BCUT2D eigenvalue weighted by Gasteiger charge is 2.16. The number of aryl methyl sites for hydroxylation is 2. The number of amides is 1. The van der Waals surface area contributed by atoms with E-state index in [1.807, 2.05) is 26.0 Å². The minimum atomic E-state index is -3.62. The van der Waals surface area contributed by atoms with E-state index in [4.69, 9.17) is 0 Å². The number of carbonyl (C=O) groups is 1. The Morgan fingerprint density at radius 3 is 2.31 bits per heavy atom. The summed E-state index contributed by atoms with van der Waals surface area (Å²) in [5.74, 6) is 0.652. The van der Waals surface area contributed by atoms with Crippen molar-refractivity contribution in [3.63, 3.8) is 0 Å². The lowest BCUT2D eigenvalue weighted by atomic mass is 9.99. The molecule has 32 heavy (non-hydrogen) atoms. The van der Waals surface area contributed by atoms with Gasteiger partial charge in [-0.1, -0.05) is 37.3 Å². The Morgan fingerprint density at radius 2 is 1.66 bits per heavy atom. The zero-order valence-corrected chi connectivity index (χ0v) is 20.2. The van der Waals surface area contributed by atoms with Crippen molar-refractivity contribution in [2.24, 2.45) is 5.92 Å². The van der Waals surface area contributed by atoms with Crippen LogP contribution in [0.2, 0.25) is 0 Å². The lowest BCUT2D eigenvalue weighted by Gasteiger charge is -2.30. The summed E-state index contributed by atoms with van der Waals surface area (Å²) in [5.41, 5.74) is 4.28. The number of nitrogens with one attached hydrogen (secondary N) is 2. The minimum Gasteiger partial charge on any atom is -0.352 e. The molecule has 6 nitrogen and oxygen atoms in total. The molecule has 1 aliphatic heterocycles. The molecule has 0 saturated carbocycles. The highest BCUT2D eigenvalue weighted by molar-refractivity contribution is 7.89. The molecule has 0 aliphatic carbocycles.